The van der Waals surface area contributed by atoms with Gasteiger partial charge in [-0.1, -0.05) is 17.7 Å². The van der Waals surface area contributed by atoms with Crippen LogP contribution in [0.5, 0.6) is 5.75 Å². The highest BCUT2D eigenvalue weighted by atomic mass is 35.5. The molecular formula is C15H12ClFN2O. The maximum absolute atomic E-state index is 13.7. The molecule has 0 heterocycles. The second-order valence-electron chi connectivity index (χ2n) is 4.12. The van der Waals surface area contributed by atoms with Gasteiger partial charge in [0, 0.05) is 17.8 Å². The van der Waals surface area contributed by atoms with E-state index < -0.39 is 5.82 Å². The van der Waals surface area contributed by atoms with Crippen LogP contribution in [-0.4, -0.2) is 7.11 Å². The average molecular weight is 291 g/mol. The molecule has 102 valence electrons. The van der Waals surface area contributed by atoms with E-state index in [1.165, 1.54) is 6.07 Å². The fourth-order valence-corrected chi connectivity index (χ4v) is 1.99. The minimum absolute atomic E-state index is 0.304. The van der Waals surface area contributed by atoms with E-state index in [1.54, 1.807) is 37.4 Å². The third kappa shape index (κ3) is 3.19. The number of hydrogen-bond donors (Lipinski definition) is 1. The first-order valence-electron chi connectivity index (χ1n) is 5.90. The van der Waals surface area contributed by atoms with Crippen LogP contribution < -0.4 is 10.1 Å². The smallest absolute Gasteiger partial charge is 0.137 e. The SMILES string of the molecule is COc1ccc(NCc2ccc(C#N)cc2F)cc1Cl. The van der Waals surface area contributed by atoms with Crippen LogP contribution in [-0.2, 0) is 6.54 Å². The summed E-state index contributed by atoms with van der Waals surface area (Å²) in [5.41, 5.74) is 1.55. The molecule has 0 amide bonds. The van der Waals surface area contributed by atoms with Gasteiger partial charge in [0.05, 0.1) is 23.8 Å². The van der Waals surface area contributed by atoms with E-state index in [9.17, 15) is 4.39 Å². The topological polar surface area (TPSA) is 45.0 Å². The predicted octanol–water partition coefficient (Wildman–Crippen LogP) is 3.97. The third-order valence-electron chi connectivity index (χ3n) is 2.82. The zero-order valence-electron chi connectivity index (χ0n) is 10.8. The van der Waals surface area contributed by atoms with Crippen LogP contribution in [0, 0.1) is 17.1 Å². The van der Waals surface area contributed by atoms with Crippen molar-refractivity contribution in [3.8, 4) is 11.8 Å². The number of ether oxygens (including phenoxy) is 1. The highest BCUT2D eigenvalue weighted by Gasteiger charge is 2.05. The van der Waals surface area contributed by atoms with E-state index in [0.29, 0.717) is 28.4 Å². The van der Waals surface area contributed by atoms with Crippen molar-refractivity contribution in [2.45, 2.75) is 6.54 Å². The molecule has 2 rings (SSSR count). The molecule has 3 nitrogen and oxygen atoms in total. The van der Waals surface area contributed by atoms with Crippen LogP contribution in [0.25, 0.3) is 0 Å². The standard InChI is InChI=1S/C15H12ClFN2O/c1-20-15-5-4-12(7-13(15)16)19-9-11-3-2-10(8-18)6-14(11)17/h2-7,19H,9H2,1H3. The lowest BCUT2D eigenvalue weighted by molar-refractivity contribution is 0.415. The molecule has 5 heteroatoms. The molecule has 0 spiro atoms. The van der Waals surface area contributed by atoms with Crippen LogP contribution in [0.4, 0.5) is 10.1 Å². The summed E-state index contributed by atoms with van der Waals surface area (Å²) >= 11 is 6.01. The molecule has 2 aromatic carbocycles. The first kappa shape index (κ1) is 14.2. The Hall–Kier alpha value is -2.25. The van der Waals surface area contributed by atoms with Gasteiger partial charge in [-0.25, -0.2) is 4.39 Å². The minimum atomic E-state index is -0.406. The summed E-state index contributed by atoms with van der Waals surface area (Å²) in [5, 5.41) is 12.2. The van der Waals surface area contributed by atoms with Crippen molar-refractivity contribution in [3.05, 3.63) is 58.4 Å². The Bertz CT molecular complexity index is 667. The van der Waals surface area contributed by atoms with Gasteiger partial charge < -0.3 is 10.1 Å². The lowest BCUT2D eigenvalue weighted by Crippen LogP contribution is -2.02. The normalized spacial score (nSPS) is 9.90. The van der Waals surface area contributed by atoms with E-state index in [4.69, 9.17) is 21.6 Å². The van der Waals surface area contributed by atoms with Gasteiger partial charge in [-0.05, 0) is 30.3 Å². The number of nitrogens with one attached hydrogen (secondary N) is 1. The largest absolute Gasteiger partial charge is 0.495 e. The number of rotatable bonds is 4. The summed E-state index contributed by atoms with van der Waals surface area (Å²) in [6.45, 7) is 0.306. The van der Waals surface area contributed by atoms with Gasteiger partial charge in [-0.2, -0.15) is 5.26 Å². The summed E-state index contributed by atoms with van der Waals surface area (Å²) in [5.74, 6) is 0.179. The number of anilines is 1. The summed E-state index contributed by atoms with van der Waals surface area (Å²) in [6.07, 6.45) is 0. The number of methoxy groups -OCH3 is 1. The molecule has 0 unspecified atom stereocenters. The molecule has 1 N–H and O–H groups in total. The molecule has 0 radical (unpaired) electrons. The fraction of sp³-hybridized carbons (Fsp3) is 0.133. The second-order valence-corrected chi connectivity index (χ2v) is 4.53. The Kier molecular flexibility index (Phi) is 4.44. The van der Waals surface area contributed by atoms with Gasteiger partial charge in [0.25, 0.3) is 0 Å². The van der Waals surface area contributed by atoms with E-state index in [1.807, 2.05) is 6.07 Å². The lowest BCUT2D eigenvalue weighted by Gasteiger charge is -2.09. The molecule has 0 aliphatic rings. The number of benzene rings is 2. The van der Waals surface area contributed by atoms with Crippen molar-refractivity contribution in [1.82, 2.24) is 0 Å². The first-order valence-corrected chi connectivity index (χ1v) is 6.28. The average Bonchev–Trinajstić information content (AvgIpc) is 2.46. The monoisotopic (exact) mass is 290 g/mol. The second kappa shape index (κ2) is 6.27. The van der Waals surface area contributed by atoms with E-state index >= 15 is 0 Å². The molecular weight excluding hydrogens is 279 g/mol. The molecule has 0 atom stereocenters. The van der Waals surface area contributed by atoms with Gasteiger partial charge in [0.2, 0.25) is 0 Å². The van der Waals surface area contributed by atoms with E-state index in [-0.39, 0.29) is 0 Å². The molecule has 0 fully saturated rings. The Morgan fingerprint density at radius 3 is 2.70 bits per heavy atom. The summed E-state index contributed by atoms with van der Waals surface area (Å²) < 4.78 is 18.8. The number of nitrogens with zero attached hydrogens (tertiary/aromatic N) is 1. The summed E-state index contributed by atoms with van der Waals surface area (Å²) in [4.78, 5) is 0. The van der Waals surface area contributed by atoms with Crippen LogP contribution in [0.1, 0.15) is 11.1 Å². The Labute approximate surface area is 121 Å². The quantitative estimate of drug-likeness (QED) is 0.926. The lowest BCUT2D eigenvalue weighted by atomic mass is 10.1. The molecule has 20 heavy (non-hydrogen) atoms. The van der Waals surface area contributed by atoms with Crippen molar-refractivity contribution < 1.29 is 9.13 Å². The van der Waals surface area contributed by atoms with Crippen molar-refractivity contribution in [2.24, 2.45) is 0 Å². The van der Waals surface area contributed by atoms with Crippen molar-refractivity contribution in [3.63, 3.8) is 0 Å². The zero-order chi connectivity index (χ0) is 14.5. The summed E-state index contributed by atoms with van der Waals surface area (Å²) in [6, 6.07) is 11.5. The number of nitriles is 1. The first-order chi connectivity index (χ1) is 9.63. The molecule has 0 aliphatic carbocycles. The van der Waals surface area contributed by atoms with Gasteiger partial charge in [-0.15, -0.1) is 0 Å². The van der Waals surface area contributed by atoms with Gasteiger partial charge in [0.15, 0.2) is 0 Å². The Morgan fingerprint density at radius 2 is 2.10 bits per heavy atom. The Morgan fingerprint density at radius 1 is 1.30 bits per heavy atom. The Balaban J connectivity index is 2.09. The van der Waals surface area contributed by atoms with Crippen LogP contribution in [0.15, 0.2) is 36.4 Å². The molecule has 0 saturated heterocycles. The summed E-state index contributed by atoms with van der Waals surface area (Å²) in [7, 11) is 1.54. The van der Waals surface area contributed by atoms with Crippen LogP contribution in [0.2, 0.25) is 5.02 Å². The highest BCUT2D eigenvalue weighted by Crippen LogP contribution is 2.27. The molecule has 0 bridgehead atoms. The molecule has 0 aliphatic heterocycles. The van der Waals surface area contributed by atoms with E-state index in [2.05, 4.69) is 5.32 Å². The van der Waals surface area contributed by atoms with Crippen molar-refractivity contribution in [2.75, 3.05) is 12.4 Å². The van der Waals surface area contributed by atoms with E-state index in [0.717, 1.165) is 5.69 Å². The minimum Gasteiger partial charge on any atom is -0.495 e. The zero-order valence-corrected chi connectivity index (χ0v) is 11.5. The highest BCUT2D eigenvalue weighted by molar-refractivity contribution is 6.32. The van der Waals surface area contributed by atoms with Gasteiger partial charge in [0.1, 0.15) is 11.6 Å². The number of hydrogen-bond acceptors (Lipinski definition) is 3. The van der Waals surface area contributed by atoms with Crippen molar-refractivity contribution >= 4 is 17.3 Å². The third-order valence-corrected chi connectivity index (χ3v) is 3.11. The van der Waals surface area contributed by atoms with Gasteiger partial charge >= 0.3 is 0 Å². The maximum Gasteiger partial charge on any atom is 0.137 e. The number of halogens is 2. The molecule has 0 saturated carbocycles. The molecule has 2 aromatic rings. The van der Waals surface area contributed by atoms with Crippen LogP contribution >= 0.6 is 11.6 Å². The van der Waals surface area contributed by atoms with Gasteiger partial charge in [-0.3, -0.25) is 0 Å². The maximum atomic E-state index is 13.7. The van der Waals surface area contributed by atoms with Crippen LogP contribution in [0.3, 0.4) is 0 Å². The predicted molar refractivity (Wildman–Crippen MR) is 76.4 cm³/mol. The fourth-order valence-electron chi connectivity index (χ4n) is 1.73. The van der Waals surface area contributed by atoms with Crippen molar-refractivity contribution in [1.29, 1.82) is 5.26 Å². The molecule has 0 aromatic heterocycles.